The van der Waals surface area contributed by atoms with Gasteiger partial charge in [0.05, 0.1) is 5.69 Å². The largest absolute Gasteiger partial charge is 0.325 e. The van der Waals surface area contributed by atoms with Crippen molar-refractivity contribution in [2.24, 2.45) is 5.73 Å². The molecule has 28 heavy (non-hydrogen) atoms. The molecule has 0 bridgehead atoms. The van der Waals surface area contributed by atoms with Crippen molar-refractivity contribution in [1.82, 2.24) is 10.3 Å². The zero-order chi connectivity index (χ0) is 19.2. The zero-order valence-corrected chi connectivity index (χ0v) is 17.2. The molecule has 2 aromatic carbocycles. The smallest absolute Gasteiger partial charge is 0.107 e. The van der Waals surface area contributed by atoms with Crippen molar-refractivity contribution in [2.75, 3.05) is 0 Å². The maximum atomic E-state index is 5.65. The lowest BCUT2D eigenvalue weighted by Crippen LogP contribution is -2.12. The first-order valence-corrected chi connectivity index (χ1v) is 11.2. The number of benzene rings is 2. The van der Waals surface area contributed by atoms with Gasteiger partial charge in [-0.15, -0.1) is 11.3 Å². The molecule has 4 rings (SSSR count). The molecule has 1 aromatic heterocycles. The van der Waals surface area contributed by atoms with Gasteiger partial charge in [-0.05, 0) is 35.4 Å². The second-order valence-electron chi connectivity index (χ2n) is 7.71. The molecular formula is C24H29N3S. The summed E-state index contributed by atoms with van der Waals surface area (Å²) in [7, 11) is 0. The third-order valence-corrected chi connectivity index (χ3v) is 6.56. The van der Waals surface area contributed by atoms with Gasteiger partial charge in [0.1, 0.15) is 5.01 Å². The quantitative estimate of drug-likeness (QED) is 0.551. The average Bonchev–Trinajstić information content (AvgIpc) is 3.25. The summed E-state index contributed by atoms with van der Waals surface area (Å²) in [6.07, 6.45) is 6.93. The van der Waals surface area contributed by atoms with E-state index in [0.717, 1.165) is 35.3 Å². The second kappa shape index (κ2) is 9.46. The summed E-state index contributed by atoms with van der Waals surface area (Å²) in [6, 6.07) is 17.9. The van der Waals surface area contributed by atoms with Crippen molar-refractivity contribution in [3.05, 3.63) is 75.6 Å². The van der Waals surface area contributed by atoms with Crippen molar-refractivity contribution in [1.29, 1.82) is 0 Å². The van der Waals surface area contributed by atoms with Crippen molar-refractivity contribution in [3.63, 3.8) is 0 Å². The number of aromatic nitrogens is 1. The first-order valence-electron chi connectivity index (χ1n) is 10.3. The van der Waals surface area contributed by atoms with Crippen LogP contribution in [-0.4, -0.2) is 4.98 Å². The van der Waals surface area contributed by atoms with Gasteiger partial charge in [-0.1, -0.05) is 67.8 Å². The number of thiazole rings is 1. The molecule has 4 heteroatoms. The average molecular weight is 392 g/mol. The van der Waals surface area contributed by atoms with Gasteiger partial charge in [0, 0.05) is 30.6 Å². The Morgan fingerprint density at radius 1 is 0.893 bits per heavy atom. The van der Waals surface area contributed by atoms with E-state index in [-0.39, 0.29) is 0 Å². The van der Waals surface area contributed by atoms with Crippen LogP contribution in [0.3, 0.4) is 0 Å². The minimum absolute atomic E-state index is 0.508. The van der Waals surface area contributed by atoms with Crippen LogP contribution in [0.2, 0.25) is 0 Å². The van der Waals surface area contributed by atoms with Gasteiger partial charge in [0.15, 0.2) is 0 Å². The Morgan fingerprint density at radius 2 is 1.54 bits per heavy atom. The number of rotatable bonds is 7. The molecule has 1 aliphatic rings. The molecule has 0 radical (unpaired) electrons. The Bertz CT molecular complexity index is 862. The Hall–Kier alpha value is -2.01. The van der Waals surface area contributed by atoms with Crippen LogP contribution in [-0.2, 0) is 19.6 Å². The van der Waals surface area contributed by atoms with E-state index in [1.807, 2.05) is 0 Å². The van der Waals surface area contributed by atoms with Crippen molar-refractivity contribution in [3.8, 4) is 11.3 Å². The number of hydrogen-bond acceptors (Lipinski definition) is 4. The summed E-state index contributed by atoms with van der Waals surface area (Å²) in [6.45, 7) is 2.28. The first-order chi connectivity index (χ1) is 13.8. The van der Waals surface area contributed by atoms with Gasteiger partial charge in [0.25, 0.3) is 0 Å². The summed E-state index contributed by atoms with van der Waals surface area (Å²) in [4.78, 5) is 4.55. The van der Waals surface area contributed by atoms with Crippen LogP contribution >= 0.6 is 11.3 Å². The predicted molar refractivity (Wildman–Crippen MR) is 118 cm³/mol. The summed E-state index contributed by atoms with van der Waals surface area (Å²) in [5, 5.41) is 6.62. The molecule has 1 fully saturated rings. The number of nitrogens with two attached hydrogens (primary N) is 1. The van der Waals surface area contributed by atoms with Gasteiger partial charge in [-0.2, -0.15) is 0 Å². The molecule has 3 aromatic rings. The highest BCUT2D eigenvalue weighted by atomic mass is 32.1. The minimum Gasteiger partial charge on any atom is -0.325 e. The van der Waals surface area contributed by atoms with Crippen LogP contribution in [0.25, 0.3) is 11.3 Å². The minimum atomic E-state index is 0.508. The Kier molecular flexibility index (Phi) is 6.53. The summed E-state index contributed by atoms with van der Waals surface area (Å²) in [5.74, 6) is 0.785. The molecule has 0 atom stereocenters. The lowest BCUT2D eigenvalue weighted by atomic mass is 9.84. The van der Waals surface area contributed by atoms with Gasteiger partial charge < -0.3 is 11.1 Å². The van der Waals surface area contributed by atoms with Crippen LogP contribution in [0.4, 0.5) is 0 Å². The van der Waals surface area contributed by atoms with E-state index in [2.05, 4.69) is 64.2 Å². The van der Waals surface area contributed by atoms with Crippen LogP contribution < -0.4 is 11.1 Å². The zero-order valence-electron chi connectivity index (χ0n) is 16.4. The Labute approximate surface area is 172 Å². The standard InChI is InChI=1S/C24H29N3S/c25-14-24-27-23(17-28-24)22-12-8-19(9-13-22)16-26-15-18-6-10-21(11-7-18)20-4-2-1-3-5-20/h6-13,17,20,26H,1-5,14-16,25H2. The fourth-order valence-electron chi connectivity index (χ4n) is 4.03. The van der Waals surface area contributed by atoms with Gasteiger partial charge in [-0.25, -0.2) is 4.98 Å². The van der Waals surface area contributed by atoms with Crippen molar-refractivity contribution < 1.29 is 0 Å². The molecule has 146 valence electrons. The fraction of sp³-hybridized carbons (Fsp3) is 0.375. The lowest BCUT2D eigenvalue weighted by Gasteiger charge is -2.22. The SMILES string of the molecule is NCc1nc(-c2ccc(CNCc3ccc(C4CCCCC4)cc3)cc2)cs1. The molecule has 0 saturated heterocycles. The highest BCUT2D eigenvalue weighted by Gasteiger charge is 2.14. The van der Waals surface area contributed by atoms with Gasteiger partial charge >= 0.3 is 0 Å². The third-order valence-electron chi connectivity index (χ3n) is 5.69. The maximum Gasteiger partial charge on any atom is 0.107 e. The van der Waals surface area contributed by atoms with E-state index in [4.69, 9.17) is 5.73 Å². The molecule has 0 amide bonds. The molecule has 1 aliphatic carbocycles. The molecule has 3 nitrogen and oxygen atoms in total. The van der Waals surface area contributed by atoms with E-state index in [9.17, 15) is 0 Å². The lowest BCUT2D eigenvalue weighted by molar-refractivity contribution is 0.443. The fourth-order valence-corrected chi connectivity index (χ4v) is 4.71. The van der Waals surface area contributed by atoms with Crippen LogP contribution in [0.5, 0.6) is 0 Å². The van der Waals surface area contributed by atoms with E-state index >= 15 is 0 Å². The highest BCUT2D eigenvalue weighted by Crippen LogP contribution is 2.32. The van der Waals surface area contributed by atoms with Gasteiger partial charge in [-0.3, -0.25) is 0 Å². The normalized spacial score (nSPS) is 15.0. The summed E-state index contributed by atoms with van der Waals surface area (Å²) in [5.41, 5.74) is 12.0. The number of nitrogens with one attached hydrogen (secondary N) is 1. The molecule has 1 saturated carbocycles. The van der Waals surface area contributed by atoms with E-state index in [0.29, 0.717) is 6.54 Å². The summed E-state index contributed by atoms with van der Waals surface area (Å²) >= 11 is 1.62. The molecule has 0 aliphatic heterocycles. The third kappa shape index (κ3) is 4.88. The first kappa shape index (κ1) is 19.3. The Morgan fingerprint density at radius 3 is 2.14 bits per heavy atom. The second-order valence-corrected chi connectivity index (χ2v) is 8.65. The molecule has 3 N–H and O–H groups in total. The number of nitrogens with zero attached hydrogens (tertiary/aromatic N) is 1. The van der Waals surface area contributed by atoms with E-state index in [1.165, 1.54) is 48.8 Å². The van der Waals surface area contributed by atoms with Crippen LogP contribution in [0.15, 0.2) is 53.9 Å². The topological polar surface area (TPSA) is 50.9 Å². The molecule has 1 heterocycles. The maximum absolute atomic E-state index is 5.65. The molecule has 0 spiro atoms. The molecule has 0 unspecified atom stereocenters. The Balaban J connectivity index is 1.27. The monoisotopic (exact) mass is 391 g/mol. The molecular weight excluding hydrogens is 362 g/mol. The van der Waals surface area contributed by atoms with Crippen molar-refractivity contribution in [2.45, 2.75) is 57.7 Å². The van der Waals surface area contributed by atoms with Crippen molar-refractivity contribution >= 4 is 11.3 Å². The summed E-state index contributed by atoms with van der Waals surface area (Å²) < 4.78 is 0. The van der Waals surface area contributed by atoms with Crippen LogP contribution in [0.1, 0.15) is 59.7 Å². The van der Waals surface area contributed by atoms with E-state index in [1.54, 1.807) is 11.3 Å². The highest BCUT2D eigenvalue weighted by molar-refractivity contribution is 7.09. The van der Waals surface area contributed by atoms with E-state index < -0.39 is 0 Å². The van der Waals surface area contributed by atoms with Gasteiger partial charge in [0.2, 0.25) is 0 Å². The van der Waals surface area contributed by atoms with Crippen LogP contribution in [0, 0.1) is 0 Å². The predicted octanol–water partition coefficient (Wildman–Crippen LogP) is 5.61. The number of hydrogen-bond donors (Lipinski definition) is 2.